The zero-order valence-corrected chi connectivity index (χ0v) is 16.2. The van der Waals surface area contributed by atoms with Crippen LogP contribution in [0.3, 0.4) is 0 Å². The van der Waals surface area contributed by atoms with Crippen molar-refractivity contribution in [2.75, 3.05) is 12.8 Å². The molecule has 140 valence electrons. The molecule has 26 heavy (non-hydrogen) atoms. The lowest BCUT2D eigenvalue weighted by Gasteiger charge is -2.18. The molecule has 0 spiro atoms. The summed E-state index contributed by atoms with van der Waals surface area (Å²) in [7, 11) is 1.63. The predicted octanol–water partition coefficient (Wildman–Crippen LogP) is 4.08. The molecule has 0 saturated heterocycles. The van der Waals surface area contributed by atoms with Crippen LogP contribution in [0.25, 0.3) is 0 Å². The quantitative estimate of drug-likeness (QED) is 0.716. The van der Waals surface area contributed by atoms with Gasteiger partial charge in [0.05, 0.1) is 5.75 Å². The van der Waals surface area contributed by atoms with Crippen molar-refractivity contribution in [2.45, 2.75) is 43.8 Å². The van der Waals surface area contributed by atoms with Crippen molar-refractivity contribution in [3.63, 3.8) is 0 Å². The molecule has 1 fully saturated rings. The number of amides is 1. The van der Waals surface area contributed by atoms with Gasteiger partial charge in [-0.1, -0.05) is 55.1 Å². The van der Waals surface area contributed by atoms with E-state index in [0.717, 1.165) is 12.2 Å². The van der Waals surface area contributed by atoms with E-state index >= 15 is 0 Å². The van der Waals surface area contributed by atoms with E-state index in [0.29, 0.717) is 21.7 Å². The summed E-state index contributed by atoms with van der Waals surface area (Å²) in [6, 6.07) is 4.51. The molecule has 1 saturated carbocycles. The zero-order valence-electron chi connectivity index (χ0n) is 14.7. The number of rotatable bonds is 7. The van der Waals surface area contributed by atoms with Crippen molar-refractivity contribution < 1.29 is 9.18 Å². The van der Waals surface area contributed by atoms with Gasteiger partial charge in [0.15, 0.2) is 0 Å². The summed E-state index contributed by atoms with van der Waals surface area (Å²) in [6.07, 6.45) is 6.03. The molecule has 0 atom stereocenters. The van der Waals surface area contributed by atoms with Gasteiger partial charge < -0.3 is 4.90 Å². The van der Waals surface area contributed by atoms with Crippen molar-refractivity contribution in [2.24, 2.45) is 5.92 Å². The smallest absolute Gasteiger partial charge is 0.233 e. The van der Waals surface area contributed by atoms with Crippen molar-refractivity contribution in [3.05, 3.63) is 40.4 Å². The topological polar surface area (TPSA) is 61.9 Å². The predicted molar refractivity (Wildman–Crippen MR) is 101 cm³/mol. The van der Waals surface area contributed by atoms with Gasteiger partial charge in [-0.05, 0) is 18.1 Å². The van der Waals surface area contributed by atoms with Crippen LogP contribution in [0.1, 0.15) is 37.1 Å². The van der Waals surface area contributed by atoms with Crippen LogP contribution in [0, 0.1) is 11.7 Å². The minimum atomic E-state index is -0.407. The molecular formula is C18H22ClFN4OS. The van der Waals surface area contributed by atoms with Crippen molar-refractivity contribution in [3.8, 4) is 0 Å². The maximum absolute atomic E-state index is 13.8. The van der Waals surface area contributed by atoms with Gasteiger partial charge in [0, 0.05) is 30.6 Å². The number of carbonyl (C=O) groups excluding carboxylic acids is 1. The average Bonchev–Trinajstić information content (AvgIpc) is 3.28. The number of nitrogens with zero attached hydrogens (tertiary/aromatic N) is 3. The van der Waals surface area contributed by atoms with Crippen molar-refractivity contribution in [1.82, 2.24) is 20.1 Å². The number of aromatic nitrogens is 3. The molecule has 1 aliphatic rings. The third kappa shape index (κ3) is 4.98. The number of aromatic amines is 1. The van der Waals surface area contributed by atoms with Crippen LogP contribution in [0.15, 0.2) is 23.4 Å². The summed E-state index contributed by atoms with van der Waals surface area (Å²) in [5, 5.41) is 8.04. The second-order valence-corrected chi connectivity index (χ2v) is 8.01. The van der Waals surface area contributed by atoms with Crippen LogP contribution in [-0.2, 0) is 17.8 Å². The van der Waals surface area contributed by atoms with E-state index in [1.165, 1.54) is 48.4 Å². The molecule has 1 heterocycles. The fourth-order valence-electron chi connectivity index (χ4n) is 3.17. The molecule has 1 aromatic carbocycles. The Morgan fingerprint density at radius 2 is 2.19 bits per heavy atom. The Morgan fingerprint density at radius 1 is 1.42 bits per heavy atom. The number of hydrogen-bond donors (Lipinski definition) is 1. The van der Waals surface area contributed by atoms with Crippen LogP contribution < -0.4 is 0 Å². The molecule has 0 bridgehead atoms. The van der Waals surface area contributed by atoms with E-state index in [9.17, 15) is 9.18 Å². The molecular weight excluding hydrogens is 375 g/mol. The Morgan fingerprint density at radius 3 is 2.92 bits per heavy atom. The highest BCUT2D eigenvalue weighted by atomic mass is 35.5. The number of benzene rings is 1. The minimum Gasteiger partial charge on any atom is -0.341 e. The van der Waals surface area contributed by atoms with Gasteiger partial charge in [0.1, 0.15) is 11.6 Å². The largest absolute Gasteiger partial charge is 0.341 e. The Bertz CT molecular complexity index is 743. The van der Waals surface area contributed by atoms with Crippen molar-refractivity contribution in [1.29, 1.82) is 0 Å². The van der Waals surface area contributed by atoms with E-state index < -0.39 is 5.82 Å². The Labute approximate surface area is 161 Å². The minimum absolute atomic E-state index is 0.128. The summed E-state index contributed by atoms with van der Waals surface area (Å²) in [5.41, 5.74) is 0.326. The van der Waals surface area contributed by atoms with E-state index in [1.54, 1.807) is 19.2 Å². The summed E-state index contributed by atoms with van der Waals surface area (Å²) in [6.45, 7) is 0.131. The molecule has 5 nitrogen and oxygen atoms in total. The first-order valence-corrected chi connectivity index (χ1v) is 10.1. The molecule has 0 aliphatic heterocycles. The lowest BCUT2D eigenvalue weighted by molar-refractivity contribution is -0.127. The highest BCUT2D eigenvalue weighted by Crippen LogP contribution is 2.27. The monoisotopic (exact) mass is 396 g/mol. The van der Waals surface area contributed by atoms with E-state index in [4.69, 9.17) is 11.6 Å². The molecule has 1 amide bonds. The first kappa shape index (κ1) is 19.2. The molecule has 0 unspecified atom stereocenters. The normalized spacial score (nSPS) is 14.7. The summed E-state index contributed by atoms with van der Waals surface area (Å²) >= 11 is 7.30. The molecule has 0 radical (unpaired) electrons. The van der Waals surface area contributed by atoms with Gasteiger partial charge in [-0.25, -0.2) is 9.37 Å². The highest BCUT2D eigenvalue weighted by Gasteiger charge is 2.18. The number of carbonyl (C=O) groups is 1. The fourth-order valence-corrected chi connectivity index (χ4v) is 4.15. The van der Waals surface area contributed by atoms with Crippen LogP contribution >= 0.6 is 23.4 Å². The Kier molecular flexibility index (Phi) is 6.53. The van der Waals surface area contributed by atoms with E-state index in [-0.39, 0.29) is 18.2 Å². The fraction of sp³-hybridized carbons (Fsp3) is 0.500. The Hall–Kier alpha value is -1.60. The van der Waals surface area contributed by atoms with E-state index in [1.807, 2.05) is 0 Å². The zero-order chi connectivity index (χ0) is 18.5. The molecule has 1 N–H and O–H groups in total. The summed E-state index contributed by atoms with van der Waals surface area (Å²) in [4.78, 5) is 18.2. The van der Waals surface area contributed by atoms with Gasteiger partial charge in [-0.3, -0.25) is 9.89 Å². The maximum atomic E-state index is 13.8. The Balaban J connectivity index is 1.49. The van der Waals surface area contributed by atoms with Gasteiger partial charge in [0.25, 0.3) is 0 Å². The van der Waals surface area contributed by atoms with Crippen molar-refractivity contribution >= 4 is 29.3 Å². The van der Waals surface area contributed by atoms with Crippen LogP contribution in [0.2, 0.25) is 5.02 Å². The SMILES string of the molecule is CN(Cc1c(F)cccc1Cl)C(=O)CSc1n[nH]c(CC2CCCC2)n1. The van der Waals surface area contributed by atoms with Crippen LogP contribution in [0.5, 0.6) is 0 Å². The molecule has 1 aromatic heterocycles. The number of nitrogens with one attached hydrogen (secondary N) is 1. The average molecular weight is 397 g/mol. The number of H-pyrrole nitrogens is 1. The lowest BCUT2D eigenvalue weighted by Crippen LogP contribution is -2.28. The third-order valence-electron chi connectivity index (χ3n) is 4.68. The standard InChI is InChI=1S/C18H22ClFN4OS/c1-24(10-13-14(19)7-4-8-15(13)20)17(25)11-26-18-21-16(22-23-18)9-12-5-2-3-6-12/h4,7-8,12H,2-3,5-6,9-11H2,1H3,(H,21,22,23). The number of hydrogen-bond acceptors (Lipinski definition) is 4. The molecule has 8 heteroatoms. The van der Waals surface area contributed by atoms with Gasteiger partial charge in [-0.15, -0.1) is 5.10 Å². The maximum Gasteiger partial charge on any atom is 0.233 e. The second-order valence-electron chi connectivity index (χ2n) is 6.66. The number of thioether (sulfide) groups is 1. The summed E-state index contributed by atoms with van der Waals surface area (Å²) < 4.78 is 13.8. The number of halogens is 2. The van der Waals surface area contributed by atoms with Crippen LogP contribution in [0.4, 0.5) is 4.39 Å². The lowest BCUT2D eigenvalue weighted by atomic mass is 10.0. The third-order valence-corrected chi connectivity index (χ3v) is 5.86. The van der Waals surface area contributed by atoms with Crippen LogP contribution in [-0.4, -0.2) is 38.8 Å². The highest BCUT2D eigenvalue weighted by molar-refractivity contribution is 7.99. The molecule has 1 aliphatic carbocycles. The first-order valence-electron chi connectivity index (χ1n) is 8.74. The summed E-state index contributed by atoms with van der Waals surface area (Å²) in [5.74, 6) is 1.24. The molecule has 3 rings (SSSR count). The van der Waals surface area contributed by atoms with E-state index in [2.05, 4.69) is 15.2 Å². The second kappa shape index (κ2) is 8.86. The van der Waals surface area contributed by atoms with Gasteiger partial charge >= 0.3 is 0 Å². The van der Waals surface area contributed by atoms with Gasteiger partial charge in [-0.2, -0.15) is 0 Å². The van der Waals surface area contributed by atoms with Gasteiger partial charge in [0.2, 0.25) is 11.1 Å². The molecule has 2 aromatic rings. The first-order chi connectivity index (χ1) is 12.5.